The maximum atomic E-state index is 12.9. The number of nitrogens with zero attached hydrogens (tertiary/aromatic N) is 3. The van der Waals surface area contributed by atoms with Crippen LogP contribution in [-0.2, 0) is 6.61 Å². The first-order valence-electron chi connectivity index (χ1n) is 10.6. The second-order valence-corrected chi connectivity index (χ2v) is 8.94. The Labute approximate surface area is 204 Å². The quantitative estimate of drug-likeness (QED) is 0.298. The Morgan fingerprint density at radius 3 is 2.88 bits per heavy atom. The van der Waals surface area contributed by atoms with Crippen molar-refractivity contribution in [2.45, 2.75) is 19.6 Å². The normalized spacial score (nSPS) is 11.9. The van der Waals surface area contributed by atoms with E-state index in [0.717, 1.165) is 27.5 Å². The standard InChI is InChI=1S/C25H20ClN5O2S/c1-15(29-25-31-22(14-34-25)16-5-4-7-27-12-16)19-9-17-10-20(26)23(11-21(17)30-24(19)32)33-13-18-6-2-3-8-28-18/h2-12,14-15H,13H2,1H3,(H,29,31)(H,30,32)/t15-/m0/s1. The van der Waals surface area contributed by atoms with Crippen molar-refractivity contribution in [3.8, 4) is 17.0 Å². The largest absolute Gasteiger partial charge is 0.486 e. The molecule has 0 saturated carbocycles. The number of benzene rings is 1. The maximum Gasteiger partial charge on any atom is 0.253 e. The molecule has 0 aliphatic carbocycles. The molecule has 34 heavy (non-hydrogen) atoms. The third-order valence-corrected chi connectivity index (χ3v) is 6.36. The van der Waals surface area contributed by atoms with E-state index in [1.807, 2.05) is 48.7 Å². The van der Waals surface area contributed by atoms with Crippen LogP contribution in [0.2, 0.25) is 5.02 Å². The topological polar surface area (TPSA) is 92.8 Å². The van der Waals surface area contributed by atoms with Gasteiger partial charge in [-0.15, -0.1) is 11.3 Å². The summed E-state index contributed by atoms with van der Waals surface area (Å²) in [6, 6.07) is 14.6. The van der Waals surface area contributed by atoms with Gasteiger partial charge in [-0.2, -0.15) is 0 Å². The lowest BCUT2D eigenvalue weighted by Gasteiger charge is -2.14. The van der Waals surface area contributed by atoms with E-state index in [2.05, 4.69) is 25.3 Å². The molecule has 4 heterocycles. The summed E-state index contributed by atoms with van der Waals surface area (Å²) < 4.78 is 5.83. The van der Waals surface area contributed by atoms with Crippen LogP contribution in [0.4, 0.5) is 5.13 Å². The number of nitrogens with one attached hydrogen (secondary N) is 2. The molecular formula is C25H20ClN5O2S. The molecule has 0 saturated heterocycles. The molecule has 0 spiro atoms. The van der Waals surface area contributed by atoms with E-state index in [4.69, 9.17) is 16.3 Å². The zero-order valence-corrected chi connectivity index (χ0v) is 19.7. The average Bonchev–Trinajstić information content (AvgIpc) is 3.32. The van der Waals surface area contributed by atoms with Crippen molar-refractivity contribution in [2.75, 3.05) is 5.32 Å². The molecule has 0 aliphatic rings. The molecule has 0 bridgehead atoms. The summed E-state index contributed by atoms with van der Waals surface area (Å²) in [5.74, 6) is 0.486. The van der Waals surface area contributed by atoms with E-state index in [1.165, 1.54) is 11.3 Å². The lowest BCUT2D eigenvalue weighted by Crippen LogP contribution is -2.19. The number of rotatable bonds is 7. The highest BCUT2D eigenvalue weighted by molar-refractivity contribution is 7.14. The fourth-order valence-electron chi connectivity index (χ4n) is 3.54. The summed E-state index contributed by atoms with van der Waals surface area (Å²) in [7, 11) is 0. The minimum Gasteiger partial charge on any atom is -0.486 e. The van der Waals surface area contributed by atoms with E-state index in [1.54, 1.807) is 30.7 Å². The van der Waals surface area contributed by atoms with E-state index in [9.17, 15) is 4.79 Å². The number of hydrogen-bond acceptors (Lipinski definition) is 7. The number of halogens is 1. The minimum atomic E-state index is -0.264. The molecule has 4 aromatic heterocycles. The number of H-pyrrole nitrogens is 1. The highest BCUT2D eigenvalue weighted by Gasteiger charge is 2.15. The number of aromatic amines is 1. The molecule has 9 heteroatoms. The Bertz CT molecular complexity index is 1490. The predicted octanol–water partition coefficient (Wildman–Crippen LogP) is 5.85. The van der Waals surface area contributed by atoms with Crippen LogP contribution in [-0.4, -0.2) is 19.9 Å². The Morgan fingerprint density at radius 1 is 1.18 bits per heavy atom. The van der Waals surface area contributed by atoms with Crippen LogP contribution in [0.3, 0.4) is 0 Å². The lowest BCUT2D eigenvalue weighted by molar-refractivity contribution is 0.302. The Morgan fingerprint density at radius 2 is 2.09 bits per heavy atom. The monoisotopic (exact) mass is 489 g/mol. The number of ether oxygens (including phenoxy) is 1. The number of fused-ring (bicyclic) bond motifs is 1. The SMILES string of the molecule is C[C@H](Nc1nc(-c2cccnc2)cs1)c1cc2cc(Cl)c(OCc3ccccn3)cc2[nH]c1=O. The van der Waals surface area contributed by atoms with Crippen LogP contribution in [0.25, 0.3) is 22.2 Å². The van der Waals surface area contributed by atoms with Crippen LogP contribution in [0, 0.1) is 0 Å². The van der Waals surface area contributed by atoms with Gasteiger partial charge in [0.15, 0.2) is 5.13 Å². The molecule has 0 unspecified atom stereocenters. The van der Waals surface area contributed by atoms with Gasteiger partial charge in [-0.05, 0) is 43.3 Å². The highest BCUT2D eigenvalue weighted by Crippen LogP contribution is 2.31. The molecule has 170 valence electrons. The first-order valence-corrected chi connectivity index (χ1v) is 11.8. The van der Waals surface area contributed by atoms with Gasteiger partial charge >= 0.3 is 0 Å². The molecule has 1 aromatic carbocycles. The highest BCUT2D eigenvalue weighted by atomic mass is 35.5. The van der Waals surface area contributed by atoms with Crippen molar-refractivity contribution in [2.24, 2.45) is 0 Å². The van der Waals surface area contributed by atoms with Crippen LogP contribution < -0.4 is 15.6 Å². The molecular weight excluding hydrogens is 470 g/mol. The van der Waals surface area contributed by atoms with Crippen molar-refractivity contribution in [3.63, 3.8) is 0 Å². The van der Waals surface area contributed by atoms with Gasteiger partial charge in [-0.3, -0.25) is 14.8 Å². The number of hydrogen-bond donors (Lipinski definition) is 2. The van der Waals surface area contributed by atoms with Gasteiger partial charge in [-0.1, -0.05) is 17.7 Å². The molecule has 5 aromatic rings. The zero-order chi connectivity index (χ0) is 23.5. The molecule has 1 atom stereocenters. The smallest absolute Gasteiger partial charge is 0.253 e. The van der Waals surface area contributed by atoms with E-state index < -0.39 is 0 Å². The van der Waals surface area contributed by atoms with Crippen LogP contribution >= 0.6 is 22.9 Å². The van der Waals surface area contributed by atoms with Crippen molar-refractivity contribution < 1.29 is 4.74 Å². The fraction of sp³-hybridized carbons (Fsp3) is 0.120. The molecule has 0 amide bonds. The minimum absolute atomic E-state index is 0.186. The predicted molar refractivity (Wildman–Crippen MR) is 136 cm³/mol. The van der Waals surface area contributed by atoms with Crippen LogP contribution in [0.5, 0.6) is 5.75 Å². The van der Waals surface area contributed by atoms with Crippen LogP contribution in [0.15, 0.2) is 77.3 Å². The first kappa shape index (κ1) is 22.1. The van der Waals surface area contributed by atoms with Crippen molar-refractivity contribution in [3.05, 3.63) is 99.1 Å². The van der Waals surface area contributed by atoms with Gasteiger partial charge in [-0.25, -0.2) is 4.98 Å². The second kappa shape index (κ2) is 9.62. The third-order valence-electron chi connectivity index (χ3n) is 5.30. The van der Waals surface area contributed by atoms with E-state index in [0.29, 0.717) is 21.9 Å². The lowest BCUT2D eigenvalue weighted by atomic mass is 10.1. The molecule has 5 rings (SSSR count). The third kappa shape index (κ3) is 4.78. The summed E-state index contributed by atoms with van der Waals surface area (Å²) in [5.41, 5.74) is 3.62. The molecule has 0 aliphatic heterocycles. The molecule has 0 fully saturated rings. The van der Waals surface area contributed by atoms with E-state index >= 15 is 0 Å². The van der Waals surface area contributed by atoms with Gasteiger partial charge < -0.3 is 15.0 Å². The zero-order valence-electron chi connectivity index (χ0n) is 18.2. The number of thiazole rings is 1. The fourth-order valence-corrected chi connectivity index (χ4v) is 4.58. The number of aromatic nitrogens is 4. The van der Waals surface area contributed by atoms with Gasteiger partial charge in [0.05, 0.1) is 28.0 Å². The van der Waals surface area contributed by atoms with Crippen molar-refractivity contribution >= 4 is 39.0 Å². The molecule has 0 radical (unpaired) electrons. The van der Waals surface area contributed by atoms with Crippen molar-refractivity contribution in [1.82, 2.24) is 19.9 Å². The Hall–Kier alpha value is -3.75. The number of anilines is 1. The summed E-state index contributed by atoms with van der Waals surface area (Å²) in [5, 5.41) is 7.28. The van der Waals surface area contributed by atoms with Crippen molar-refractivity contribution in [1.29, 1.82) is 0 Å². The molecule has 7 nitrogen and oxygen atoms in total. The average molecular weight is 490 g/mol. The first-order chi connectivity index (χ1) is 16.6. The van der Waals surface area contributed by atoms with Gasteiger partial charge in [0.2, 0.25) is 0 Å². The molecule has 2 N–H and O–H groups in total. The second-order valence-electron chi connectivity index (χ2n) is 7.68. The van der Waals surface area contributed by atoms with Crippen LogP contribution in [0.1, 0.15) is 24.2 Å². The van der Waals surface area contributed by atoms with Gasteiger partial charge in [0.1, 0.15) is 12.4 Å². The van der Waals surface area contributed by atoms with Gasteiger partial charge in [0, 0.05) is 46.6 Å². The summed E-state index contributed by atoms with van der Waals surface area (Å²) in [6.07, 6.45) is 5.21. The number of pyridine rings is 3. The summed E-state index contributed by atoms with van der Waals surface area (Å²) in [6.45, 7) is 2.21. The van der Waals surface area contributed by atoms with Gasteiger partial charge in [0.25, 0.3) is 5.56 Å². The van der Waals surface area contributed by atoms with E-state index in [-0.39, 0.29) is 18.2 Å². The Kier molecular flexibility index (Phi) is 6.24. The summed E-state index contributed by atoms with van der Waals surface area (Å²) in [4.78, 5) is 28.8. The Balaban J connectivity index is 1.36. The maximum absolute atomic E-state index is 12.9. The summed E-state index contributed by atoms with van der Waals surface area (Å²) >= 11 is 7.95.